The molecule has 4 heteroatoms. The Morgan fingerprint density at radius 1 is 1.47 bits per heavy atom. The van der Waals surface area contributed by atoms with Crippen LogP contribution in [0.3, 0.4) is 0 Å². The van der Waals surface area contributed by atoms with Gasteiger partial charge in [0.2, 0.25) is 0 Å². The molecule has 1 saturated heterocycles. The Balaban J connectivity index is 1.92. The summed E-state index contributed by atoms with van der Waals surface area (Å²) in [7, 11) is 0. The Labute approximate surface area is 100 Å². The molecule has 0 bridgehead atoms. The molecule has 2 heterocycles. The number of imidazole rings is 1. The minimum absolute atomic E-state index is 0.340. The van der Waals surface area contributed by atoms with Crippen molar-refractivity contribution in [3.8, 4) is 0 Å². The van der Waals surface area contributed by atoms with E-state index in [2.05, 4.69) is 53.1 Å². The summed E-state index contributed by atoms with van der Waals surface area (Å²) < 4.78 is 2.53. The number of thioether (sulfide) groups is 2. The summed E-state index contributed by atoms with van der Waals surface area (Å²) in [5, 5.41) is 0. The molecule has 1 fully saturated rings. The van der Waals surface area contributed by atoms with Crippen molar-refractivity contribution in [1.29, 1.82) is 0 Å². The van der Waals surface area contributed by atoms with Crippen LogP contribution in [0.1, 0.15) is 20.3 Å². The lowest BCUT2D eigenvalue weighted by Crippen LogP contribution is -2.30. The molecule has 0 spiro atoms. The summed E-state index contributed by atoms with van der Waals surface area (Å²) in [6.45, 7) is 5.72. The second kappa shape index (κ2) is 4.83. The van der Waals surface area contributed by atoms with Gasteiger partial charge in [-0.05, 0) is 24.3 Å². The van der Waals surface area contributed by atoms with Crippen molar-refractivity contribution in [2.24, 2.45) is 5.92 Å². The van der Waals surface area contributed by atoms with Crippen LogP contribution in [-0.2, 0) is 6.54 Å². The summed E-state index contributed by atoms with van der Waals surface area (Å²) in [4.78, 5) is 4.09. The van der Waals surface area contributed by atoms with E-state index in [-0.39, 0.29) is 0 Å². The van der Waals surface area contributed by atoms with E-state index in [0.717, 1.165) is 12.5 Å². The van der Waals surface area contributed by atoms with Gasteiger partial charge in [-0.25, -0.2) is 4.98 Å². The SMILES string of the molecule is CCC1CSC(C)(Cn2ccnc2)SC1. The Hall–Kier alpha value is -0.0900. The van der Waals surface area contributed by atoms with Gasteiger partial charge in [-0.2, -0.15) is 0 Å². The van der Waals surface area contributed by atoms with Crippen molar-refractivity contribution in [1.82, 2.24) is 9.55 Å². The van der Waals surface area contributed by atoms with Crippen LogP contribution in [-0.4, -0.2) is 25.1 Å². The lowest BCUT2D eigenvalue weighted by Gasteiger charge is -2.36. The van der Waals surface area contributed by atoms with Crippen LogP contribution >= 0.6 is 23.5 Å². The van der Waals surface area contributed by atoms with Gasteiger partial charge in [-0.3, -0.25) is 0 Å². The van der Waals surface area contributed by atoms with E-state index < -0.39 is 0 Å². The molecule has 1 aliphatic rings. The fraction of sp³-hybridized carbons (Fsp3) is 0.727. The lowest BCUT2D eigenvalue weighted by molar-refractivity contribution is 0.609. The maximum absolute atomic E-state index is 4.09. The summed E-state index contributed by atoms with van der Waals surface area (Å²) in [5.41, 5.74) is 0. The highest BCUT2D eigenvalue weighted by Crippen LogP contribution is 2.45. The van der Waals surface area contributed by atoms with Gasteiger partial charge in [-0.15, -0.1) is 23.5 Å². The summed E-state index contributed by atoms with van der Waals surface area (Å²) >= 11 is 4.22. The Morgan fingerprint density at radius 3 is 2.73 bits per heavy atom. The minimum Gasteiger partial charge on any atom is -0.335 e. The molecule has 0 N–H and O–H groups in total. The van der Waals surface area contributed by atoms with Crippen LogP contribution in [0.5, 0.6) is 0 Å². The van der Waals surface area contributed by atoms with E-state index in [1.54, 1.807) is 0 Å². The first kappa shape index (κ1) is 11.4. The standard InChI is InChI=1S/C11H18N2S2/c1-3-10-6-14-11(2,15-7-10)8-13-5-4-12-9-13/h4-5,9-10H,3,6-8H2,1-2H3. The van der Waals surface area contributed by atoms with Crippen molar-refractivity contribution >= 4 is 23.5 Å². The van der Waals surface area contributed by atoms with Crippen molar-refractivity contribution < 1.29 is 0 Å². The minimum atomic E-state index is 0.340. The van der Waals surface area contributed by atoms with Gasteiger partial charge in [0, 0.05) is 18.9 Å². The number of hydrogen-bond donors (Lipinski definition) is 0. The van der Waals surface area contributed by atoms with E-state index in [4.69, 9.17) is 0 Å². The first-order valence-electron chi connectivity index (χ1n) is 5.45. The molecule has 0 unspecified atom stereocenters. The molecule has 1 aromatic rings. The average Bonchev–Trinajstić information content (AvgIpc) is 2.71. The monoisotopic (exact) mass is 242 g/mol. The van der Waals surface area contributed by atoms with Crippen LogP contribution in [0.2, 0.25) is 0 Å². The van der Waals surface area contributed by atoms with E-state index in [1.807, 2.05) is 12.5 Å². The molecular formula is C11H18N2S2. The molecule has 0 aliphatic carbocycles. The molecule has 84 valence electrons. The highest BCUT2D eigenvalue weighted by molar-refractivity contribution is 8.18. The molecule has 0 atom stereocenters. The Bertz CT molecular complexity index is 290. The molecule has 0 saturated carbocycles. The van der Waals surface area contributed by atoms with Gasteiger partial charge in [0.05, 0.1) is 10.4 Å². The highest BCUT2D eigenvalue weighted by Gasteiger charge is 2.32. The molecule has 2 nitrogen and oxygen atoms in total. The van der Waals surface area contributed by atoms with Gasteiger partial charge in [0.1, 0.15) is 0 Å². The predicted molar refractivity (Wildman–Crippen MR) is 69.3 cm³/mol. The largest absolute Gasteiger partial charge is 0.335 e. The van der Waals surface area contributed by atoms with E-state index >= 15 is 0 Å². The van der Waals surface area contributed by atoms with Crippen LogP contribution in [0, 0.1) is 5.92 Å². The number of aromatic nitrogens is 2. The normalized spacial score (nSPS) is 31.7. The van der Waals surface area contributed by atoms with Crippen molar-refractivity contribution in [3.63, 3.8) is 0 Å². The van der Waals surface area contributed by atoms with Crippen molar-refractivity contribution in [2.45, 2.75) is 30.9 Å². The van der Waals surface area contributed by atoms with Gasteiger partial charge < -0.3 is 4.57 Å². The maximum atomic E-state index is 4.09. The topological polar surface area (TPSA) is 17.8 Å². The molecule has 0 radical (unpaired) electrons. The van der Waals surface area contributed by atoms with E-state index in [9.17, 15) is 0 Å². The van der Waals surface area contributed by atoms with Crippen LogP contribution in [0.4, 0.5) is 0 Å². The quantitative estimate of drug-likeness (QED) is 0.811. The molecule has 2 rings (SSSR count). The lowest BCUT2D eigenvalue weighted by atomic mass is 10.2. The number of hydrogen-bond acceptors (Lipinski definition) is 3. The first-order chi connectivity index (χ1) is 7.22. The van der Waals surface area contributed by atoms with Crippen LogP contribution in [0.25, 0.3) is 0 Å². The fourth-order valence-electron chi connectivity index (χ4n) is 1.72. The second-order valence-electron chi connectivity index (χ2n) is 4.27. The zero-order valence-corrected chi connectivity index (χ0v) is 11.0. The third-order valence-corrected chi connectivity index (χ3v) is 6.32. The average molecular weight is 242 g/mol. The molecule has 1 aliphatic heterocycles. The Kier molecular flexibility index (Phi) is 3.67. The smallest absolute Gasteiger partial charge is 0.0946 e. The molecule has 0 amide bonds. The fourth-order valence-corrected chi connectivity index (χ4v) is 4.97. The Morgan fingerprint density at radius 2 is 2.20 bits per heavy atom. The third kappa shape index (κ3) is 2.94. The zero-order valence-electron chi connectivity index (χ0n) is 9.35. The van der Waals surface area contributed by atoms with Crippen molar-refractivity contribution in [3.05, 3.63) is 18.7 Å². The van der Waals surface area contributed by atoms with Crippen molar-refractivity contribution in [2.75, 3.05) is 11.5 Å². The summed E-state index contributed by atoms with van der Waals surface area (Å²) in [5.74, 6) is 3.54. The number of nitrogens with zero attached hydrogens (tertiary/aromatic N) is 2. The van der Waals surface area contributed by atoms with E-state index in [0.29, 0.717) is 4.08 Å². The van der Waals surface area contributed by atoms with Crippen LogP contribution in [0.15, 0.2) is 18.7 Å². The van der Waals surface area contributed by atoms with Gasteiger partial charge in [-0.1, -0.05) is 13.3 Å². The molecule has 0 aromatic carbocycles. The highest BCUT2D eigenvalue weighted by atomic mass is 32.2. The zero-order chi connectivity index (χ0) is 10.7. The molecular weight excluding hydrogens is 224 g/mol. The molecule has 15 heavy (non-hydrogen) atoms. The maximum Gasteiger partial charge on any atom is 0.0946 e. The summed E-state index contributed by atoms with van der Waals surface area (Å²) in [6.07, 6.45) is 7.15. The second-order valence-corrected chi connectivity index (χ2v) is 7.57. The van der Waals surface area contributed by atoms with Crippen LogP contribution < -0.4 is 0 Å². The summed E-state index contributed by atoms with van der Waals surface area (Å²) in [6, 6.07) is 0. The van der Waals surface area contributed by atoms with Gasteiger partial charge >= 0.3 is 0 Å². The van der Waals surface area contributed by atoms with Gasteiger partial charge in [0.15, 0.2) is 0 Å². The van der Waals surface area contributed by atoms with Gasteiger partial charge in [0.25, 0.3) is 0 Å². The molecule has 1 aromatic heterocycles. The number of rotatable bonds is 3. The third-order valence-electron chi connectivity index (χ3n) is 2.86. The predicted octanol–water partition coefficient (Wildman–Crippen LogP) is 3.11. The van der Waals surface area contributed by atoms with E-state index in [1.165, 1.54) is 17.9 Å². The first-order valence-corrected chi connectivity index (χ1v) is 7.42.